The number of anilines is 2. The number of carbonyl (C=O) groups excluding carboxylic acids is 2. The number of nitrogens with one attached hydrogen (secondary N) is 2. The summed E-state index contributed by atoms with van der Waals surface area (Å²) in [7, 11) is 1.54. The van der Waals surface area contributed by atoms with Crippen molar-refractivity contribution in [2.45, 2.75) is 18.6 Å². The molecule has 2 amide bonds. The Kier molecular flexibility index (Phi) is 5.14. The molecule has 0 aliphatic carbocycles. The fourth-order valence-corrected chi connectivity index (χ4v) is 3.38. The Balaban J connectivity index is 1.52. The zero-order valence-corrected chi connectivity index (χ0v) is 16.2. The summed E-state index contributed by atoms with van der Waals surface area (Å²) in [5.41, 5.74) is 0.556. The van der Waals surface area contributed by atoms with E-state index in [0.717, 1.165) is 17.7 Å². The number of hydrogen-bond acceptors (Lipinski definition) is 4. The Hall–Kier alpha value is -3.82. The molecule has 0 fully saturated rings. The summed E-state index contributed by atoms with van der Waals surface area (Å²) in [5, 5.41) is 9.36. The lowest BCUT2D eigenvalue weighted by Crippen LogP contribution is -2.23. The topological polar surface area (TPSA) is 85.2 Å². The van der Waals surface area contributed by atoms with Gasteiger partial charge in [-0.2, -0.15) is 18.3 Å². The second-order valence-corrected chi connectivity index (χ2v) is 6.92. The van der Waals surface area contributed by atoms with Gasteiger partial charge in [-0.3, -0.25) is 9.59 Å². The molecule has 7 nitrogen and oxygen atoms in total. The quantitative estimate of drug-likeness (QED) is 0.638. The molecule has 3 aromatic rings. The minimum atomic E-state index is -4.52. The second kappa shape index (κ2) is 7.78. The van der Waals surface area contributed by atoms with Crippen LogP contribution in [0, 0.1) is 0 Å². The first-order chi connectivity index (χ1) is 14.8. The van der Waals surface area contributed by atoms with Gasteiger partial charge in [0.05, 0.1) is 25.3 Å². The van der Waals surface area contributed by atoms with E-state index in [1.807, 2.05) is 6.07 Å². The molecule has 4 rings (SSSR count). The van der Waals surface area contributed by atoms with Gasteiger partial charge in [-0.25, -0.2) is 4.68 Å². The van der Waals surface area contributed by atoms with Gasteiger partial charge >= 0.3 is 6.18 Å². The second-order valence-electron chi connectivity index (χ2n) is 6.92. The monoisotopic (exact) mass is 430 g/mol. The first-order valence-corrected chi connectivity index (χ1v) is 9.26. The summed E-state index contributed by atoms with van der Waals surface area (Å²) in [5.74, 6) is 0.0473. The maximum absolute atomic E-state index is 12.9. The normalized spacial score (nSPS) is 15.4. The molecule has 0 saturated carbocycles. The van der Waals surface area contributed by atoms with E-state index in [0.29, 0.717) is 17.1 Å². The van der Waals surface area contributed by atoms with Crippen LogP contribution in [0.5, 0.6) is 5.75 Å². The highest BCUT2D eigenvalue weighted by atomic mass is 19.4. The highest BCUT2D eigenvalue weighted by molar-refractivity contribution is 6.04. The Bertz CT molecular complexity index is 1160. The molecule has 0 saturated heterocycles. The summed E-state index contributed by atoms with van der Waals surface area (Å²) in [6, 6.07) is 10.6. The molecule has 31 heavy (non-hydrogen) atoms. The number of nitrogens with zero attached hydrogens (tertiary/aromatic N) is 2. The Labute approximate surface area is 174 Å². The van der Waals surface area contributed by atoms with Crippen LogP contribution in [0.25, 0.3) is 11.1 Å². The van der Waals surface area contributed by atoms with Crippen LogP contribution in [-0.4, -0.2) is 28.7 Å². The summed E-state index contributed by atoms with van der Waals surface area (Å²) >= 11 is 0. The van der Waals surface area contributed by atoms with Crippen molar-refractivity contribution in [3.63, 3.8) is 0 Å². The van der Waals surface area contributed by atoms with Crippen LogP contribution in [0.3, 0.4) is 0 Å². The molecule has 2 N–H and O–H groups in total. The van der Waals surface area contributed by atoms with E-state index in [1.165, 1.54) is 16.8 Å². The minimum Gasteiger partial charge on any atom is -0.497 e. The number of methoxy groups -OCH3 is 1. The van der Waals surface area contributed by atoms with Gasteiger partial charge in [-0.15, -0.1) is 0 Å². The van der Waals surface area contributed by atoms with Crippen molar-refractivity contribution < 1.29 is 27.5 Å². The minimum absolute atomic E-state index is 0.00371. The fraction of sp³-hybridized carbons (Fsp3) is 0.190. The van der Waals surface area contributed by atoms with Gasteiger partial charge in [-0.1, -0.05) is 18.2 Å². The average Bonchev–Trinajstić information content (AvgIpc) is 3.27. The van der Waals surface area contributed by atoms with Crippen molar-refractivity contribution in [2.24, 2.45) is 0 Å². The predicted octanol–water partition coefficient (Wildman–Crippen LogP) is 4.10. The van der Waals surface area contributed by atoms with Gasteiger partial charge in [0.1, 0.15) is 17.6 Å². The summed E-state index contributed by atoms with van der Waals surface area (Å²) in [6.45, 7) is 0. The van der Waals surface area contributed by atoms with Crippen molar-refractivity contribution in [2.75, 3.05) is 17.7 Å². The number of halogens is 3. The Morgan fingerprint density at radius 1 is 1.23 bits per heavy atom. The average molecular weight is 430 g/mol. The zero-order chi connectivity index (χ0) is 22.2. The van der Waals surface area contributed by atoms with Gasteiger partial charge < -0.3 is 15.4 Å². The molecule has 1 unspecified atom stereocenters. The van der Waals surface area contributed by atoms with Crippen LogP contribution >= 0.6 is 0 Å². The molecule has 1 atom stereocenters. The van der Waals surface area contributed by atoms with Crippen LogP contribution in [0.2, 0.25) is 0 Å². The molecular weight excluding hydrogens is 413 g/mol. The Morgan fingerprint density at radius 3 is 2.74 bits per heavy atom. The van der Waals surface area contributed by atoms with E-state index in [4.69, 9.17) is 4.74 Å². The number of alkyl halides is 3. The highest BCUT2D eigenvalue weighted by Crippen LogP contribution is 2.37. The molecule has 1 aliphatic heterocycles. The molecule has 10 heteroatoms. The molecular formula is C21H17F3N4O3. The van der Waals surface area contributed by atoms with Crippen LogP contribution in [-0.2, 0) is 15.8 Å². The van der Waals surface area contributed by atoms with Gasteiger partial charge in [0.25, 0.3) is 5.91 Å². The van der Waals surface area contributed by atoms with E-state index < -0.39 is 29.6 Å². The number of aromatic nitrogens is 2. The maximum Gasteiger partial charge on any atom is 0.416 e. The van der Waals surface area contributed by atoms with Crippen molar-refractivity contribution in [3.05, 3.63) is 60.3 Å². The van der Waals surface area contributed by atoms with Gasteiger partial charge in [0.2, 0.25) is 5.91 Å². The third kappa shape index (κ3) is 4.09. The lowest BCUT2D eigenvalue weighted by atomic mass is 10.1. The number of amides is 2. The van der Waals surface area contributed by atoms with Crippen LogP contribution < -0.4 is 15.4 Å². The lowest BCUT2D eigenvalue weighted by Gasteiger charge is -2.12. The number of fused-ring (bicyclic) bond motifs is 1. The molecule has 1 aliphatic rings. The molecule has 2 heterocycles. The van der Waals surface area contributed by atoms with Crippen LogP contribution in [0.4, 0.5) is 24.7 Å². The largest absolute Gasteiger partial charge is 0.497 e. The van der Waals surface area contributed by atoms with E-state index in [2.05, 4.69) is 15.7 Å². The maximum atomic E-state index is 12.9. The summed E-state index contributed by atoms with van der Waals surface area (Å²) in [6.07, 6.45) is -3.23. The van der Waals surface area contributed by atoms with Crippen LogP contribution in [0.1, 0.15) is 18.0 Å². The highest BCUT2D eigenvalue weighted by Gasteiger charge is 2.35. The standard InChI is InChI=1S/C21H17F3N4O3/c1-31-15-7-2-4-12(8-15)16-11-25-28-17(20(30)27-19(16)28)10-18(29)26-14-6-3-5-13(9-14)21(22,23)24/h2-9,11,17H,10H2,1H3,(H,26,29)(H,27,30). The van der Waals surface area contributed by atoms with E-state index >= 15 is 0 Å². The van der Waals surface area contributed by atoms with Crippen LogP contribution in [0.15, 0.2) is 54.7 Å². The first kappa shape index (κ1) is 20.5. The van der Waals surface area contributed by atoms with Gasteiger partial charge in [0.15, 0.2) is 0 Å². The molecule has 0 radical (unpaired) electrons. The van der Waals surface area contributed by atoms with Crippen molar-refractivity contribution in [1.29, 1.82) is 0 Å². The molecule has 1 aromatic heterocycles. The smallest absolute Gasteiger partial charge is 0.416 e. The van der Waals surface area contributed by atoms with Crippen molar-refractivity contribution in [1.82, 2.24) is 9.78 Å². The SMILES string of the molecule is COc1cccc(-c2cnn3c2NC(=O)C3CC(=O)Nc2cccc(C(F)(F)F)c2)c1. The van der Waals surface area contributed by atoms with E-state index in [1.54, 1.807) is 31.5 Å². The fourth-order valence-electron chi connectivity index (χ4n) is 3.38. The third-order valence-corrected chi connectivity index (χ3v) is 4.87. The molecule has 0 spiro atoms. The zero-order valence-electron chi connectivity index (χ0n) is 16.2. The Morgan fingerprint density at radius 2 is 2.00 bits per heavy atom. The number of ether oxygens (including phenoxy) is 1. The van der Waals surface area contributed by atoms with E-state index in [9.17, 15) is 22.8 Å². The first-order valence-electron chi connectivity index (χ1n) is 9.26. The third-order valence-electron chi connectivity index (χ3n) is 4.87. The molecule has 0 bridgehead atoms. The van der Waals surface area contributed by atoms with Crippen molar-refractivity contribution >= 4 is 23.3 Å². The van der Waals surface area contributed by atoms with Crippen molar-refractivity contribution in [3.8, 4) is 16.9 Å². The molecule has 160 valence electrons. The number of hydrogen-bond donors (Lipinski definition) is 2. The lowest BCUT2D eigenvalue weighted by molar-refractivity contribution is -0.137. The summed E-state index contributed by atoms with van der Waals surface area (Å²) in [4.78, 5) is 24.9. The number of carbonyl (C=O) groups is 2. The number of benzene rings is 2. The van der Waals surface area contributed by atoms with Gasteiger partial charge in [-0.05, 0) is 35.9 Å². The molecule has 2 aromatic carbocycles. The predicted molar refractivity (Wildman–Crippen MR) is 107 cm³/mol. The van der Waals surface area contributed by atoms with Gasteiger partial charge in [0, 0.05) is 11.3 Å². The van der Waals surface area contributed by atoms with E-state index in [-0.39, 0.29) is 12.1 Å². The summed E-state index contributed by atoms with van der Waals surface area (Å²) < 4.78 is 45.2. The number of rotatable bonds is 5.